The van der Waals surface area contributed by atoms with Crippen molar-refractivity contribution < 1.29 is 9.52 Å². The van der Waals surface area contributed by atoms with E-state index in [2.05, 4.69) is 15.5 Å². The number of nitrogens with zero attached hydrogens (tertiary/aromatic N) is 2. The molecule has 3 rings (SSSR count). The van der Waals surface area contributed by atoms with Crippen LogP contribution in [0.5, 0.6) is 0 Å². The number of hydrogen-bond acceptors (Lipinski definition) is 5. The number of rotatable bonds is 5. The van der Waals surface area contributed by atoms with Gasteiger partial charge in [0.05, 0.1) is 6.54 Å². The predicted molar refractivity (Wildman–Crippen MR) is 79.4 cm³/mol. The molecule has 2 unspecified atom stereocenters. The fourth-order valence-corrected chi connectivity index (χ4v) is 2.94. The largest absolute Gasteiger partial charge is 0.419 e. The van der Waals surface area contributed by atoms with Crippen molar-refractivity contribution in [2.45, 2.75) is 38.3 Å². The number of aliphatic hydroxyl groups excluding tert-OH is 1. The number of hydrogen-bond donors (Lipinski definition) is 2. The van der Waals surface area contributed by atoms with Crippen LogP contribution in [0.25, 0.3) is 11.5 Å². The molecule has 5 nitrogen and oxygen atoms in total. The first kappa shape index (κ1) is 14.2. The Labute approximate surface area is 124 Å². The molecule has 1 aliphatic carbocycles. The summed E-state index contributed by atoms with van der Waals surface area (Å²) in [5, 5.41) is 21.0. The van der Waals surface area contributed by atoms with Crippen LogP contribution in [0, 0.1) is 5.92 Å². The lowest BCUT2D eigenvalue weighted by molar-refractivity contribution is 0.150. The molecule has 1 aromatic carbocycles. The van der Waals surface area contributed by atoms with Crippen molar-refractivity contribution in [1.29, 1.82) is 0 Å². The maximum atomic E-state index is 9.42. The Morgan fingerprint density at radius 1 is 1.14 bits per heavy atom. The van der Waals surface area contributed by atoms with E-state index in [1.54, 1.807) is 0 Å². The smallest absolute Gasteiger partial charge is 0.247 e. The topological polar surface area (TPSA) is 71.2 Å². The average Bonchev–Trinajstić information content (AvgIpc) is 3.03. The van der Waals surface area contributed by atoms with Gasteiger partial charge in [0, 0.05) is 18.2 Å². The van der Waals surface area contributed by atoms with Crippen LogP contribution in [-0.2, 0) is 6.54 Å². The van der Waals surface area contributed by atoms with E-state index in [1.165, 1.54) is 12.8 Å². The molecule has 1 saturated carbocycles. The molecule has 0 spiro atoms. The molecule has 2 aromatic rings. The molecule has 0 saturated heterocycles. The lowest BCUT2D eigenvalue weighted by Gasteiger charge is -2.30. The van der Waals surface area contributed by atoms with Gasteiger partial charge >= 0.3 is 0 Å². The minimum atomic E-state index is 0.247. The Bertz CT molecular complexity index is 556. The number of aromatic nitrogens is 2. The molecule has 0 aliphatic heterocycles. The van der Waals surface area contributed by atoms with Gasteiger partial charge in [0.15, 0.2) is 0 Å². The molecule has 1 heterocycles. The molecule has 0 radical (unpaired) electrons. The predicted octanol–water partition coefficient (Wildman–Crippen LogP) is 2.38. The van der Waals surface area contributed by atoms with Crippen LogP contribution in [0.1, 0.15) is 31.6 Å². The first-order valence-corrected chi connectivity index (χ1v) is 7.59. The van der Waals surface area contributed by atoms with Gasteiger partial charge in [-0.2, -0.15) is 0 Å². The highest BCUT2D eigenvalue weighted by Crippen LogP contribution is 2.24. The zero-order chi connectivity index (χ0) is 14.5. The molecule has 1 fully saturated rings. The quantitative estimate of drug-likeness (QED) is 0.883. The molecule has 21 heavy (non-hydrogen) atoms. The van der Waals surface area contributed by atoms with Crippen molar-refractivity contribution in [2.24, 2.45) is 5.92 Å². The van der Waals surface area contributed by atoms with Gasteiger partial charge in [-0.1, -0.05) is 31.0 Å². The van der Waals surface area contributed by atoms with Crippen LogP contribution >= 0.6 is 0 Å². The summed E-state index contributed by atoms with van der Waals surface area (Å²) >= 11 is 0. The Balaban J connectivity index is 1.60. The standard InChI is InChI=1S/C16H21N3O2/c20-11-13-8-4-5-9-14(13)17-10-15-18-19-16(21-15)12-6-2-1-3-7-12/h1-3,6-7,13-14,17,20H,4-5,8-11H2. The molecule has 0 amide bonds. The van der Waals surface area contributed by atoms with Crippen LogP contribution in [0.2, 0.25) is 0 Å². The normalized spacial score (nSPS) is 22.3. The van der Waals surface area contributed by atoms with Crippen LogP contribution in [0.3, 0.4) is 0 Å². The second kappa shape index (κ2) is 6.83. The van der Waals surface area contributed by atoms with Crippen molar-refractivity contribution in [3.63, 3.8) is 0 Å². The van der Waals surface area contributed by atoms with Gasteiger partial charge in [-0.05, 0) is 30.9 Å². The molecule has 112 valence electrons. The van der Waals surface area contributed by atoms with Crippen LogP contribution in [-0.4, -0.2) is 28.0 Å². The third-order valence-corrected chi connectivity index (χ3v) is 4.15. The third-order valence-electron chi connectivity index (χ3n) is 4.15. The number of benzene rings is 1. The Kier molecular flexibility index (Phi) is 4.62. The Morgan fingerprint density at radius 3 is 2.76 bits per heavy atom. The summed E-state index contributed by atoms with van der Waals surface area (Å²) < 4.78 is 5.68. The van der Waals surface area contributed by atoms with Crippen molar-refractivity contribution >= 4 is 0 Å². The fourth-order valence-electron chi connectivity index (χ4n) is 2.94. The number of nitrogens with one attached hydrogen (secondary N) is 1. The zero-order valence-electron chi connectivity index (χ0n) is 12.0. The summed E-state index contributed by atoms with van der Waals surface area (Å²) in [5.41, 5.74) is 0.933. The molecule has 2 atom stereocenters. The van der Waals surface area contributed by atoms with E-state index in [1.807, 2.05) is 30.3 Å². The van der Waals surface area contributed by atoms with E-state index in [0.717, 1.165) is 18.4 Å². The van der Waals surface area contributed by atoms with Crippen molar-refractivity contribution in [3.05, 3.63) is 36.2 Å². The van der Waals surface area contributed by atoms with E-state index in [9.17, 15) is 5.11 Å². The Hall–Kier alpha value is -1.72. The minimum Gasteiger partial charge on any atom is -0.419 e. The molecule has 0 bridgehead atoms. The van der Waals surface area contributed by atoms with Crippen molar-refractivity contribution in [3.8, 4) is 11.5 Å². The molecule has 1 aromatic heterocycles. The highest BCUT2D eigenvalue weighted by atomic mass is 16.4. The lowest BCUT2D eigenvalue weighted by Crippen LogP contribution is -2.39. The minimum absolute atomic E-state index is 0.247. The molecular weight excluding hydrogens is 266 g/mol. The molecule has 1 aliphatic rings. The van der Waals surface area contributed by atoms with Crippen LogP contribution in [0.15, 0.2) is 34.7 Å². The first-order chi connectivity index (χ1) is 10.4. The van der Waals surface area contributed by atoms with Crippen LogP contribution < -0.4 is 5.32 Å². The Morgan fingerprint density at radius 2 is 1.95 bits per heavy atom. The monoisotopic (exact) mass is 287 g/mol. The SMILES string of the molecule is OCC1CCCCC1NCc1nnc(-c2ccccc2)o1. The maximum absolute atomic E-state index is 9.42. The maximum Gasteiger partial charge on any atom is 0.247 e. The molecule has 5 heteroatoms. The summed E-state index contributed by atoms with van der Waals surface area (Å²) in [4.78, 5) is 0. The van der Waals surface area contributed by atoms with E-state index < -0.39 is 0 Å². The second-order valence-electron chi connectivity index (χ2n) is 5.58. The van der Waals surface area contributed by atoms with Gasteiger partial charge in [-0.15, -0.1) is 10.2 Å². The highest BCUT2D eigenvalue weighted by molar-refractivity contribution is 5.51. The first-order valence-electron chi connectivity index (χ1n) is 7.59. The lowest BCUT2D eigenvalue weighted by atomic mass is 9.85. The van der Waals surface area contributed by atoms with Gasteiger partial charge in [0.2, 0.25) is 11.8 Å². The van der Waals surface area contributed by atoms with Gasteiger partial charge in [0.25, 0.3) is 0 Å². The van der Waals surface area contributed by atoms with Gasteiger partial charge in [0.1, 0.15) is 0 Å². The van der Waals surface area contributed by atoms with Gasteiger partial charge in [-0.3, -0.25) is 0 Å². The molecular formula is C16H21N3O2. The van der Waals surface area contributed by atoms with E-state index >= 15 is 0 Å². The van der Waals surface area contributed by atoms with Crippen LogP contribution in [0.4, 0.5) is 0 Å². The second-order valence-corrected chi connectivity index (χ2v) is 5.58. The van der Waals surface area contributed by atoms with E-state index in [4.69, 9.17) is 4.42 Å². The van der Waals surface area contributed by atoms with Crippen molar-refractivity contribution in [2.75, 3.05) is 6.61 Å². The summed E-state index contributed by atoms with van der Waals surface area (Å²) in [6.07, 6.45) is 4.62. The fraction of sp³-hybridized carbons (Fsp3) is 0.500. The summed E-state index contributed by atoms with van der Waals surface area (Å²) in [6.45, 7) is 0.803. The third kappa shape index (κ3) is 3.49. The summed E-state index contributed by atoms with van der Waals surface area (Å²) in [7, 11) is 0. The zero-order valence-corrected chi connectivity index (χ0v) is 12.0. The molecule has 2 N–H and O–H groups in total. The summed E-state index contributed by atoms with van der Waals surface area (Å²) in [6, 6.07) is 10.1. The van der Waals surface area contributed by atoms with Gasteiger partial charge in [-0.25, -0.2) is 0 Å². The van der Waals surface area contributed by atoms with E-state index in [0.29, 0.717) is 30.3 Å². The summed E-state index contributed by atoms with van der Waals surface area (Å²) in [5.74, 6) is 1.49. The van der Waals surface area contributed by atoms with Gasteiger partial charge < -0.3 is 14.8 Å². The average molecular weight is 287 g/mol. The van der Waals surface area contributed by atoms with E-state index in [-0.39, 0.29) is 6.61 Å². The number of aliphatic hydroxyl groups is 1. The van der Waals surface area contributed by atoms with Crippen molar-refractivity contribution in [1.82, 2.24) is 15.5 Å². The highest BCUT2D eigenvalue weighted by Gasteiger charge is 2.24.